The molecule has 0 aliphatic carbocycles. The lowest BCUT2D eigenvalue weighted by molar-refractivity contribution is -0.147. The summed E-state index contributed by atoms with van der Waals surface area (Å²) >= 11 is 0. The monoisotopic (exact) mass is 322 g/mol. The molecule has 1 aromatic carbocycles. The average molecular weight is 322 g/mol. The van der Waals surface area contributed by atoms with Crippen LogP contribution in [-0.2, 0) is 11.3 Å². The second kappa shape index (κ2) is 6.76. The molecular formula is C16H22N2O5. The third-order valence-electron chi connectivity index (χ3n) is 4.19. The van der Waals surface area contributed by atoms with E-state index < -0.39 is 11.4 Å². The van der Waals surface area contributed by atoms with Gasteiger partial charge in [0.2, 0.25) is 0 Å². The summed E-state index contributed by atoms with van der Waals surface area (Å²) in [6.45, 7) is 2.58. The Morgan fingerprint density at radius 3 is 2.65 bits per heavy atom. The number of urea groups is 1. The van der Waals surface area contributed by atoms with Crippen molar-refractivity contribution in [3.63, 3.8) is 0 Å². The summed E-state index contributed by atoms with van der Waals surface area (Å²) in [7, 11) is 3.10. The van der Waals surface area contributed by atoms with Crippen molar-refractivity contribution in [2.75, 3.05) is 27.3 Å². The van der Waals surface area contributed by atoms with E-state index in [0.29, 0.717) is 24.5 Å². The average Bonchev–Trinajstić information content (AvgIpc) is 2.96. The highest BCUT2D eigenvalue weighted by Crippen LogP contribution is 2.31. The highest BCUT2D eigenvalue weighted by atomic mass is 16.5. The number of nitrogens with one attached hydrogen (secondary N) is 1. The maximum Gasteiger partial charge on any atom is 0.317 e. The van der Waals surface area contributed by atoms with Crippen molar-refractivity contribution in [1.29, 1.82) is 0 Å². The molecule has 1 heterocycles. The van der Waals surface area contributed by atoms with Gasteiger partial charge in [-0.05, 0) is 19.4 Å². The fourth-order valence-corrected chi connectivity index (χ4v) is 2.68. The summed E-state index contributed by atoms with van der Waals surface area (Å²) in [5, 5.41) is 12.0. The standard InChI is InChI=1S/C16H22N2O5/c1-16(14(19)20)7-8-18(10-16)15(21)17-9-11-5-4-6-12(22-2)13(11)23-3/h4-6H,7-10H2,1-3H3,(H,17,21)(H,19,20). The Bertz CT molecular complexity index is 604. The number of aliphatic carboxylic acids is 1. The van der Waals surface area contributed by atoms with Gasteiger partial charge in [-0.1, -0.05) is 12.1 Å². The predicted molar refractivity (Wildman–Crippen MR) is 83.7 cm³/mol. The van der Waals surface area contributed by atoms with E-state index in [9.17, 15) is 14.7 Å². The summed E-state index contributed by atoms with van der Waals surface area (Å²) in [6, 6.07) is 5.16. The van der Waals surface area contributed by atoms with E-state index in [2.05, 4.69) is 5.32 Å². The predicted octanol–water partition coefficient (Wildman–Crippen LogP) is 1.71. The van der Waals surface area contributed by atoms with E-state index in [1.807, 2.05) is 12.1 Å². The van der Waals surface area contributed by atoms with E-state index in [1.54, 1.807) is 27.2 Å². The van der Waals surface area contributed by atoms with Crippen molar-refractivity contribution in [1.82, 2.24) is 10.2 Å². The molecule has 0 aromatic heterocycles. The number of benzene rings is 1. The van der Waals surface area contributed by atoms with Crippen LogP contribution in [0.3, 0.4) is 0 Å². The van der Waals surface area contributed by atoms with Gasteiger partial charge in [-0.2, -0.15) is 0 Å². The molecule has 1 saturated heterocycles. The Morgan fingerprint density at radius 2 is 2.09 bits per heavy atom. The largest absolute Gasteiger partial charge is 0.493 e. The summed E-state index contributed by atoms with van der Waals surface area (Å²) in [4.78, 5) is 25.0. The molecule has 126 valence electrons. The number of hydrogen-bond acceptors (Lipinski definition) is 4. The van der Waals surface area contributed by atoms with E-state index in [-0.39, 0.29) is 19.1 Å². The number of carbonyl (C=O) groups is 2. The van der Waals surface area contributed by atoms with Crippen LogP contribution >= 0.6 is 0 Å². The molecule has 1 fully saturated rings. The first kappa shape index (κ1) is 16.9. The van der Waals surface area contributed by atoms with Gasteiger partial charge >= 0.3 is 12.0 Å². The smallest absolute Gasteiger partial charge is 0.317 e. The first-order valence-corrected chi connectivity index (χ1v) is 7.37. The van der Waals surface area contributed by atoms with E-state index >= 15 is 0 Å². The lowest BCUT2D eigenvalue weighted by Crippen LogP contribution is -2.40. The normalized spacial score (nSPS) is 20.2. The second-order valence-corrected chi connectivity index (χ2v) is 5.85. The molecule has 1 aliphatic rings. The van der Waals surface area contributed by atoms with E-state index in [0.717, 1.165) is 5.56 Å². The van der Waals surface area contributed by atoms with Crippen LogP contribution in [0, 0.1) is 5.41 Å². The molecule has 0 saturated carbocycles. The van der Waals surface area contributed by atoms with E-state index in [1.165, 1.54) is 4.90 Å². The van der Waals surface area contributed by atoms with Crippen LogP contribution < -0.4 is 14.8 Å². The van der Waals surface area contributed by atoms with Gasteiger partial charge in [0, 0.05) is 25.2 Å². The first-order valence-electron chi connectivity index (χ1n) is 7.37. The third kappa shape index (κ3) is 3.49. The van der Waals surface area contributed by atoms with Gasteiger partial charge in [0.05, 0.1) is 19.6 Å². The highest BCUT2D eigenvalue weighted by Gasteiger charge is 2.42. The summed E-state index contributed by atoms with van der Waals surface area (Å²) < 4.78 is 10.5. The number of methoxy groups -OCH3 is 2. The zero-order chi connectivity index (χ0) is 17.0. The second-order valence-electron chi connectivity index (χ2n) is 5.85. The zero-order valence-electron chi connectivity index (χ0n) is 13.6. The van der Waals surface area contributed by atoms with Crippen LogP contribution in [0.1, 0.15) is 18.9 Å². The number of carboxylic acids is 1. The molecule has 2 N–H and O–H groups in total. The minimum absolute atomic E-state index is 0.212. The fraction of sp³-hybridized carbons (Fsp3) is 0.500. The summed E-state index contributed by atoms with van der Waals surface area (Å²) in [5.74, 6) is 0.299. The number of likely N-dealkylation sites (tertiary alicyclic amines) is 1. The minimum atomic E-state index is -0.873. The number of amides is 2. The van der Waals surface area contributed by atoms with Crippen molar-refractivity contribution in [2.24, 2.45) is 5.41 Å². The molecule has 1 aliphatic heterocycles. The van der Waals surface area contributed by atoms with Gasteiger partial charge in [-0.3, -0.25) is 4.79 Å². The zero-order valence-corrected chi connectivity index (χ0v) is 13.6. The van der Waals surface area contributed by atoms with Gasteiger partial charge in [0.1, 0.15) is 0 Å². The molecule has 0 bridgehead atoms. The van der Waals surface area contributed by atoms with Crippen molar-refractivity contribution >= 4 is 12.0 Å². The van der Waals surface area contributed by atoms with Crippen molar-refractivity contribution in [3.8, 4) is 11.5 Å². The molecule has 2 amide bonds. The van der Waals surface area contributed by atoms with E-state index in [4.69, 9.17) is 9.47 Å². The number of para-hydroxylation sites is 1. The van der Waals surface area contributed by atoms with Gasteiger partial charge in [-0.25, -0.2) is 4.79 Å². The van der Waals surface area contributed by atoms with Gasteiger partial charge in [-0.15, -0.1) is 0 Å². The summed E-state index contributed by atoms with van der Waals surface area (Å²) in [6.07, 6.45) is 0.457. The van der Waals surface area contributed by atoms with Crippen LogP contribution in [0.15, 0.2) is 18.2 Å². The Balaban J connectivity index is 1.99. The molecule has 0 radical (unpaired) electrons. The number of rotatable bonds is 5. The van der Waals surface area contributed by atoms with Crippen LogP contribution in [-0.4, -0.2) is 49.3 Å². The molecule has 1 aromatic rings. The molecule has 1 atom stereocenters. The Hall–Kier alpha value is -2.44. The SMILES string of the molecule is COc1cccc(CNC(=O)N2CCC(C)(C(=O)O)C2)c1OC. The minimum Gasteiger partial charge on any atom is -0.493 e. The van der Waals surface area contributed by atoms with Crippen molar-refractivity contribution in [3.05, 3.63) is 23.8 Å². The molecule has 1 unspecified atom stereocenters. The number of hydrogen-bond donors (Lipinski definition) is 2. The molecule has 0 spiro atoms. The maximum absolute atomic E-state index is 12.2. The fourth-order valence-electron chi connectivity index (χ4n) is 2.68. The van der Waals surface area contributed by atoms with Gasteiger partial charge in [0.15, 0.2) is 11.5 Å². The lowest BCUT2D eigenvalue weighted by Gasteiger charge is -2.21. The lowest BCUT2D eigenvalue weighted by atomic mass is 9.90. The topological polar surface area (TPSA) is 88.1 Å². The number of ether oxygens (including phenoxy) is 2. The molecule has 7 nitrogen and oxygen atoms in total. The molecule has 7 heteroatoms. The summed E-state index contributed by atoms with van der Waals surface area (Å²) in [5.41, 5.74) is -0.0780. The highest BCUT2D eigenvalue weighted by molar-refractivity contribution is 5.79. The number of carboxylic acid groups (broad SMARTS) is 1. The Morgan fingerprint density at radius 1 is 1.35 bits per heavy atom. The molecular weight excluding hydrogens is 300 g/mol. The van der Waals surface area contributed by atoms with Crippen LogP contribution in [0.4, 0.5) is 4.79 Å². The van der Waals surface area contributed by atoms with Crippen LogP contribution in [0.2, 0.25) is 0 Å². The molecule has 23 heavy (non-hydrogen) atoms. The van der Waals surface area contributed by atoms with Crippen molar-refractivity contribution in [2.45, 2.75) is 19.9 Å². The first-order chi connectivity index (χ1) is 10.9. The third-order valence-corrected chi connectivity index (χ3v) is 4.19. The number of carbonyl (C=O) groups excluding carboxylic acids is 1. The van der Waals surface area contributed by atoms with Crippen LogP contribution in [0.5, 0.6) is 11.5 Å². The molecule has 2 rings (SSSR count). The maximum atomic E-state index is 12.2. The Labute approximate surface area is 135 Å². The van der Waals surface area contributed by atoms with Crippen LogP contribution in [0.25, 0.3) is 0 Å². The quantitative estimate of drug-likeness (QED) is 0.861. The van der Waals surface area contributed by atoms with Gasteiger partial charge in [0.25, 0.3) is 0 Å². The number of nitrogens with zero attached hydrogens (tertiary/aromatic N) is 1. The Kier molecular flexibility index (Phi) is 4.98. The van der Waals surface area contributed by atoms with Crippen molar-refractivity contribution < 1.29 is 24.2 Å². The van der Waals surface area contributed by atoms with Gasteiger partial charge < -0.3 is 24.8 Å².